The standard InChI is InChI=1S/C15H11BrFNS/c16-11-4-1-9(2-5-11)15(18)14-7-10-3-6-12(17)8-13(10)19-14/h1-8,15H,18H2. The van der Waals surface area contributed by atoms with Crippen LogP contribution in [0.4, 0.5) is 4.39 Å². The van der Waals surface area contributed by atoms with Gasteiger partial charge in [-0.3, -0.25) is 0 Å². The van der Waals surface area contributed by atoms with E-state index in [0.29, 0.717) is 0 Å². The van der Waals surface area contributed by atoms with Crippen molar-refractivity contribution in [3.8, 4) is 0 Å². The second-order valence-corrected chi connectivity index (χ2v) is 6.39. The van der Waals surface area contributed by atoms with Crippen molar-refractivity contribution in [2.45, 2.75) is 6.04 Å². The summed E-state index contributed by atoms with van der Waals surface area (Å²) in [6, 6.07) is 14.6. The zero-order chi connectivity index (χ0) is 13.4. The predicted octanol–water partition coefficient (Wildman–Crippen LogP) is 4.85. The zero-order valence-corrected chi connectivity index (χ0v) is 12.3. The van der Waals surface area contributed by atoms with Crippen molar-refractivity contribution in [1.82, 2.24) is 0 Å². The SMILES string of the molecule is NC(c1ccc(Br)cc1)c1cc2ccc(F)cc2s1. The van der Waals surface area contributed by atoms with Gasteiger partial charge in [0.1, 0.15) is 5.82 Å². The molecule has 19 heavy (non-hydrogen) atoms. The number of hydrogen-bond acceptors (Lipinski definition) is 2. The van der Waals surface area contributed by atoms with Gasteiger partial charge in [-0.15, -0.1) is 11.3 Å². The van der Waals surface area contributed by atoms with E-state index in [1.54, 1.807) is 23.5 Å². The molecule has 3 aromatic rings. The molecule has 0 aliphatic heterocycles. The summed E-state index contributed by atoms with van der Waals surface area (Å²) < 4.78 is 15.1. The molecule has 0 fully saturated rings. The Bertz CT molecular complexity index is 721. The molecule has 0 bridgehead atoms. The molecular weight excluding hydrogens is 325 g/mol. The van der Waals surface area contributed by atoms with Crippen molar-refractivity contribution in [3.05, 3.63) is 69.3 Å². The third kappa shape index (κ3) is 2.56. The Balaban J connectivity index is 2.01. The van der Waals surface area contributed by atoms with Gasteiger partial charge >= 0.3 is 0 Å². The smallest absolute Gasteiger partial charge is 0.124 e. The lowest BCUT2D eigenvalue weighted by atomic mass is 10.1. The highest BCUT2D eigenvalue weighted by Crippen LogP contribution is 2.32. The molecule has 0 radical (unpaired) electrons. The van der Waals surface area contributed by atoms with Crippen molar-refractivity contribution < 1.29 is 4.39 Å². The summed E-state index contributed by atoms with van der Waals surface area (Å²) in [5, 5.41) is 1.04. The average molecular weight is 336 g/mol. The number of halogens is 2. The summed E-state index contributed by atoms with van der Waals surface area (Å²) >= 11 is 4.95. The third-order valence-corrected chi connectivity index (χ3v) is 4.75. The molecule has 0 saturated heterocycles. The molecule has 1 atom stereocenters. The second-order valence-electron chi connectivity index (χ2n) is 4.36. The van der Waals surface area contributed by atoms with Crippen LogP contribution < -0.4 is 5.73 Å². The van der Waals surface area contributed by atoms with E-state index in [2.05, 4.69) is 15.9 Å². The summed E-state index contributed by atoms with van der Waals surface area (Å²) in [4.78, 5) is 1.04. The van der Waals surface area contributed by atoms with E-state index in [1.807, 2.05) is 30.3 Å². The van der Waals surface area contributed by atoms with Gasteiger partial charge in [0.2, 0.25) is 0 Å². The van der Waals surface area contributed by atoms with E-state index < -0.39 is 0 Å². The molecule has 0 aliphatic carbocycles. The zero-order valence-electron chi connectivity index (χ0n) is 9.94. The fourth-order valence-corrected chi connectivity index (χ4v) is 3.40. The first-order chi connectivity index (χ1) is 9.13. The summed E-state index contributed by atoms with van der Waals surface area (Å²) in [7, 11) is 0. The first-order valence-electron chi connectivity index (χ1n) is 5.83. The van der Waals surface area contributed by atoms with Gasteiger partial charge in [0.25, 0.3) is 0 Å². The Morgan fingerprint density at radius 1 is 1.05 bits per heavy atom. The number of fused-ring (bicyclic) bond motifs is 1. The Morgan fingerprint density at radius 2 is 1.79 bits per heavy atom. The van der Waals surface area contributed by atoms with Crippen molar-refractivity contribution in [3.63, 3.8) is 0 Å². The molecule has 2 aromatic carbocycles. The highest BCUT2D eigenvalue weighted by atomic mass is 79.9. The van der Waals surface area contributed by atoms with Crippen LogP contribution in [-0.2, 0) is 0 Å². The lowest BCUT2D eigenvalue weighted by Crippen LogP contribution is -2.09. The molecule has 1 aromatic heterocycles. The van der Waals surface area contributed by atoms with Crippen LogP contribution in [0.5, 0.6) is 0 Å². The molecule has 1 heterocycles. The molecule has 0 aliphatic rings. The second kappa shape index (κ2) is 5.04. The van der Waals surface area contributed by atoms with Gasteiger partial charge in [-0.25, -0.2) is 4.39 Å². The summed E-state index contributed by atoms with van der Waals surface area (Å²) in [6.07, 6.45) is 0. The fourth-order valence-electron chi connectivity index (χ4n) is 2.01. The molecule has 0 spiro atoms. The summed E-state index contributed by atoms with van der Waals surface area (Å²) in [5.74, 6) is -0.210. The van der Waals surface area contributed by atoms with Crippen molar-refractivity contribution in [2.24, 2.45) is 5.73 Å². The van der Waals surface area contributed by atoms with Crippen LogP contribution in [0.25, 0.3) is 10.1 Å². The van der Waals surface area contributed by atoms with Crippen LogP contribution in [0.1, 0.15) is 16.5 Å². The highest BCUT2D eigenvalue weighted by molar-refractivity contribution is 9.10. The van der Waals surface area contributed by atoms with E-state index in [4.69, 9.17) is 5.73 Å². The van der Waals surface area contributed by atoms with E-state index in [1.165, 1.54) is 6.07 Å². The summed E-state index contributed by atoms with van der Waals surface area (Å²) in [6.45, 7) is 0. The maximum absolute atomic E-state index is 13.2. The monoisotopic (exact) mass is 335 g/mol. The normalized spacial score (nSPS) is 12.8. The van der Waals surface area contributed by atoms with Gasteiger partial charge in [-0.2, -0.15) is 0 Å². The van der Waals surface area contributed by atoms with E-state index in [-0.39, 0.29) is 11.9 Å². The number of rotatable bonds is 2. The molecule has 2 N–H and O–H groups in total. The quantitative estimate of drug-likeness (QED) is 0.711. The number of benzene rings is 2. The van der Waals surface area contributed by atoms with Crippen molar-refractivity contribution >= 4 is 37.4 Å². The Hall–Kier alpha value is -1.23. The minimum absolute atomic E-state index is 0.173. The number of nitrogens with two attached hydrogens (primary N) is 1. The van der Waals surface area contributed by atoms with Crippen LogP contribution in [0.15, 0.2) is 53.0 Å². The number of thiophene rings is 1. The average Bonchev–Trinajstić information content (AvgIpc) is 2.81. The van der Waals surface area contributed by atoms with Gasteiger partial charge in [0, 0.05) is 14.0 Å². The largest absolute Gasteiger partial charge is 0.320 e. The van der Waals surface area contributed by atoms with Crippen LogP contribution in [0, 0.1) is 5.82 Å². The lowest BCUT2D eigenvalue weighted by molar-refractivity contribution is 0.630. The molecular formula is C15H11BrFNS. The maximum Gasteiger partial charge on any atom is 0.124 e. The molecule has 0 saturated carbocycles. The minimum Gasteiger partial charge on any atom is -0.320 e. The van der Waals surface area contributed by atoms with Crippen molar-refractivity contribution in [1.29, 1.82) is 0 Å². The molecule has 0 amide bonds. The first kappa shape index (κ1) is 12.8. The van der Waals surface area contributed by atoms with Crippen molar-refractivity contribution in [2.75, 3.05) is 0 Å². The Labute approximate surface area is 123 Å². The fraction of sp³-hybridized carbons (Fsp3) is 0.0667. The van der Waals surface area contributed by atoms with Gasteiger partial charge in [0.05, 0.1) is 6.04 Å². The first-order valence-corrected chi connectivity index (χ1v) is 7.44. The highest BCUT2D eigenvalue weighted by Gasteiger charge is 2.12. The lowest BCUT2D eigenvalue weighted by Gasteiger charge is -2.09. The minimum atomic E-state index is -0.210. The van der Waals surface area contributed by atoms with Gasteiger partial charge in [-0.05, 0) is 41.3 Å². The Kier molecular flexibility index (Phi) is 3.39. The predicted molar refractivity (Wildman–Crippen MR) is 82.0 cm³/mol. The molecule has 3 rings (SSSR count). The molecule has 1 unspecified atom stereocenters. The van der Waals surface area contributed by atoms with E-state index >= 15 is 0 Å². The van der Waals surface area contributed by atoms with Crippen LogP contribution in [0.2, 0.25) is 0 Å². The molecule has 96 valence electrons. The molecule has 1 nitrogen and oxygen atoms in total. The third-order valence-electron chi connectivity index (χ3n) is 3.04. The van der Waals surface area contributed by atoms with Gasteiger partial charge in [0.15, 0.2) is 0 Å². The van der Waals surface area contributed by atoms with Crippen LogP contribution >= 0.6 is 27.3 Å². The van der Waals surface area contributed by atoms with Gasteiger partial charge in [-0.1, -0.05) is 34.1 Å². The van der Waals surface area contributed by atoms with Crippen LogP contribution in [0.3, 0.4) is 0 Å². The van der Waals surface area contributed by atoms with Crippen LogP contribution in [-0.4, -0.2) is 0 Å². The maximum atomic E-state index is 13.2. The topological polar surface area (TPSA) is 26.0 Å². The molecule has 4 heteroatoms. The number of hydrogen-bond donors (Lipinski definition) is 1. The van der Waals surface area contributed by atoms with E-state index in [0.717, 1.165) is 25.0 Å². The Morgan fingerprint density at radius 3 is 2.53 bits per heavy atom. The summed E-state index contributed by atoms with van der Waals surface area (Å²) in [5.41, 5.74) is 7.32. The van der Waals surface area contributed by atoms with Gasteiger partial charge < -0.3 is 5.73 Å². The van der Waals surface area contributed by atoms with E-state index in [9.17, 15) is 4.39 Å².